The number of anilines is 2. The molecule has 2 unspecified atom stereocenters. The van der Waals surface area contributed by atoms with E-state index in [1.807, 2.05) is 25.1 Å². The maximum absolute atomic E-state index is 12.2. The van der Waals surface area contributed by atoms with Gasteiger partial charge in [0.15, 0.2) is 0 Å². The fourth-order valence-corrected chi connectivity index (χ4v) is 3.16. The Morgan fingerprint density at radius 3 is 2.60 bits per heavy atom. The summed E-state index contributed by atoms with van der Waals surface area (Å²) in [5.74, 6) is 1.34. The van der Waals surface area contributed by atoms with Crippen molar-refractivity contribution in [3.63, 3.8) is 0 Å². The van der Waals surface area contributed by atoms with Crippen LogP contribution in [-0.4, -0.2) is 30.4 Å². The first-order valence-corrected chi connectivity index (χ1v) is 7.33. The summed E-state index contributed by atoms with van der Waals surface area (Å²) in [7, 11) is 0. The largest absolute Gasteiger partial charge is 0.397 e. The van der Waals surface area contributed by atoms with E-state index in [0.717, 1.165) is 24.3 Å². The van der Waals surface area contributed by atoms with Gasteiger partial charge in [-0.3, -0.25) is 9.69 Å². The number of aryl methyl sites for hydroxylation is 1. The highest BCUT2D eigenvalue weighted by molar-refractivity contribution is 5.96. The van der Waals surface area contributed by atoms with Gasteiger partial charge in [-0.1, -0.05) is 26.0 Å². The Kier molecular flexibility index (Phi) is 4.65. The third-order valence-electron chi connectivity index (χ3n) is 3.88. The van der Waals surface area contributed by atoms with Gasteiger partial charge in [-0.25, -0.2) is 0 Å². The lowest BCUT2D eigenvalue weighted by atomic mass is 9.92. The first-order valence-electron chi connectivity index (χ1n) is 7.33. The van der Waals surface area contributed by atoms with Crippen molar-refractivity contribution >= 4 is 17.3 Å². The number of hydrogen-bond donors (Lipinski definition) is 2. The van der Waals surface area contributed by atoms with E-state index in [2.05, 4.69) is 24.1 Å². The van der Waals surface area contributed by atoms with Crippen LogP contribution in [0.25, 0.3) is 0 Å². The summed E-state index contributed by atoms with van der Waals surface area (Å²) >= 11 is 0. The molecule has 0 bridgehead atoms. The van der Waals surface area contributed by atoms with Gasteiger partial charge in [-0.15, -0.1) is 0 Å². The molecule has 1 aliphatic rings. The maximum Gasteiger partial charge on any atom is 0.238 e. The molecule has 1 saturated heterocycles. The third-order valence-corrected chi connectivity index (χ3v) is 3.88. The molecule has 2 rings (SSSR count). The zero-order valence-corrected chi connectivity index (χ0v) is 12.6. The molecule has 0 saturated carbocycles. The number of carbonyl (C=O) groups excluding carboxylic acids is 1. The fourth-order valence-electron chi connectivity index (χ4n) is 3.16. The lowest BCUT2D eigenvalue weighted by molar-refractivity contribution is -0.117. The average Bonchev–Trinajstić information content (AvgIpc) is 2.32. The summed E-state index contributed by atoms with van der Waals surface area (Å²) in [4.78, 5) is 14.4. The molecule has 1 heterocycles. The highest BCUT2D eigenvalue weighted by Crippen LogP contribution is 2.23. The van der Waals surface area contributed by atoms with Crippen molar-refractivity contribution < 1.29 is 4.79 Å². The second-order valence-electron chi connectivity index (χ2n) is 6.23. The van der Waals surface area contributed by atoms with Crippen LogP contribution in [-0.2, 0) is 4.79 Å². The second-order valence-corrected chi connectivity index (χ2v) is 6.23. The monoisotopic (exact) mass is 275 g/mol. The van der Waals surface area contributed by atoms with Crippen LogP contribution < -0.4 is 11.1 Å². The summed E-state index contributed by atoms with van der Waals surface area (Å²) in [5.41, 5.74) is 8.29. The predicted molar refractivity (Wildman–Crippen MR) is 83.6 cm³/mol. The normalized spacial score (nSPS) is 23.6. The summed E-state index contributed by atoms with van der Waals surface area (Å²) < 4.78 is 0. The van der Waals surface area contributed by atoms with E-state index in [9.17, 15) is 4.79 Å². The SMILES string of the molecule is Cc1cccc(N)c1NC(=O)CN1CC(C)CC(C)C1. The van der Waals surface area contributed by atoms with Gasteiger partial charge < -0.3 is 11.1 Å². The Balaban J connectivity index is 1.95. The van der Waals surface area contributed by atoms with Crippen LogP contribution in [0.5, 0.6) is 0 Å². The maximum atomic E-state index is 12.2. The van der Waals surface area contributed by atoms with Gasteiger partial charge in [-0.2, -0.15) is 0 Å². The number of piperidine rings is 1. The molecule has 1 amide bonds. The van der Waals surface area contributed by atoms with Gasteiger partial charge in [0.25, 0.3) is 0 Å². The van der Waals surface area contributed by atoms with E-state index >= 15 is 0 Å². The molecule has 0 aliphatic carbocycles. The highest BCUT2D eigenvalue weighted by Gasteiger charge is 2.23. The smallest absolute Gasteiger partial charge is 0.238 e. The van der Waals surface area contributed by atoms with E-state index in [1.54, 1.807) is 0 Å². The molecule has 20 heavy (non-hydrogen) atoms. The number of nitrogens with two attached hydrogens (primary N) is 1. The Bertz CT molecular complexity index is 456. The number of hydrogen-bond acceptors (Lipinski definition) is 3. The van der Waals surface area contributed by atoms with Crippen molar-refractivity contribution in [1.82, 2.24) is 4.90 Å². The van der Waals surface area contributed by atoms with Crippen LogP contribution in [0.3, 0.4) is 0 Å². The molecular weight excluding hydrogens is 250 g/mol. The first-order chi connectivity index (χ1) is 9.45. The summed E-state index contributed by atoms with van der Waals surface area (Å²) in [6.07, 6.45) is 1.25. The molecule has 1 aromatic rings. The average molecular weight is 275 g/mol. The van der Waals surface area contributed by atoms with Crippen molar-refractivity contribution in [2.45, 2.75) is 27.2 Å². The minimum atomic E-state index is 0.0206. The minimum absolute atomic E-state index is 0.0206. The first kappa shape index (κ1) is 14.9. The van der Waals surface area contributed by atoms with Crippen molar-refractivity contribution in [3.05, 3.63) is 23.8 Å². The number of likely N-dealkylation sites (tertiary alicyclic amines) is 1. The van der Waals surface area contributed by atoms with Gasteiger partial charge in [0.05, 0.1) is 17.9 Å². The topological polar surface area (TPSA) is 58.4 Å². The molecule has 1 fully saturated rings. The van der Waals surface area contributed by atoms with Crippen molar-refractivity contribution in [3.8, 4) is 0 Å². The number of benzene rings is 1. The number of carbonyl (C=O) groups is 1. The molecule has 0 aromatic heterocycles. The zero-order valence-electron chi connectivity index (χ0n) is 12.6. The number of rotatable bonds is 3. The van der Waals surface area contributed by atoms with Crippen molar-refractivity contribution in [1.29, 1.82) is 0 Å². The van der Waals surface area contributed by atoms with E-state index in [0.29, 0.717) is 24.1 Å². The Morgan fingerprint density at radius 2 is 2.00 bits per heavy atom. The third kappa shape index (κ3) is 3.73. The molecule has 1 aliphatic heterocycles. The predicted octanol–water partition coefficient (Wildman–Crippen LogP) is 2.49. The van der Waals surface area contributed by atoms with Crippen LogP contribution in [0.4, 0.5) is 11.4 Å². The summed E-state index contributed by atoms with van der Waals surface area (Å²) in [6, 6.07) is 5.67. The number of nitrogens with one attached hydrogen (secondary N) is 1. The summed E-state index contributed by atoms with van der Waals surface area (Å²) in [6.45, 7) is 8.90. The molecule has 2 atom stereocenters. The van der Waals surface area contributed by atoms with Crippen LogP contribution in [0.2, 0.25) is 0 Å². The van der Waals surface area contributed by atoms with Gasteiger partial charge in [-0.05, 0) is 36.8 Å². The minimum Gasteiger partial charge on any atom is -0.397 e. The van der Waals surface area contributed by atoms with Gasteiger partial charge in [0.2, 0.25) is 5.91 Å². The quantitative estimate of drug-likeness (QED) is 0.833. The molecular formula is C16H25N3O. The molecule has 3 N–H and O–H groups in total. The number of nitrogen functional groups attached to an aromatic ring is 1. The second kappa shape index (κ2) is 6.27. The molecule has 0 radical (unpaired) electrons. The van der Waals surface area contributed by atoms with Gasteiger partial charge >= 0.3 is 0 Å². The van der Waals surface area contributed by atoms with E-state index in [-0.39, 0.29) is 5.91 Å². The summed E-state index contributed by atoms with van der Waals surface area (Å²) in [5, 5.41) is 2.95. The van der Waals surface area contributed by atoms with Crippen LogP contribution in [0.1, 0.15) is 25.8 Å². The van der Waals surface area contributed by atoms with Gasteiger partial charge in [0.1, 0.15) is 0 Å². The molecule has 0 spiro atoms. The highest BCUT2D eigenvalue weighted by atomic mass is 16.2. The Hall–Kier alpha value is -1.55. The Labute approximate surface area is 121 Å². The molecule has 1 aromatic carbocycles. The van der Waals surface area contributed by atoms with Crippen LogP contribution in [0, 0.1) is 18.8 Å². The molecule has 110 valence electrons. The molecule has 4 heteroatoms. The van der Waals surface area contributed by atoms with Gasteiger partial charge in [0, 0.05) is 13.1 Å². The van der Waals surface area contributed by atoms with E-state index in [1.165, 1.54) is 6.42 Å². The Morgan fingerprint density at radius 1 is 1.35 bits per heavy atom. The van der Waals surface area contributed by atoms with E-state index in [4.69, 9.17) is 5.73 Å². The standard InChI is InChI=1S/C16H25N3O/c1-11-7-12(2)9-19(8-11)10-15(20)18-16-13(3)5-4-6-14(16)17/h4-6,11-12H,7-10,17H2,1-3H3,(H,18,20). The van der Waals surface area contributed by atoms with Crippen LogP contribution >= 0.6 is 0 Å². The van der Waals surface area contributed by atoms with Crippen LogP contribution in [0.15, 0.2) is 18.2 Å². The van der Waals surface area contributed by atoms with Crippen molar-refractivity contribution in [2.24, 2.45) is 11.8 Å². The van der Waals surface area contributed by atoms with E-state index < -0.39 is 0 Å². The zero-order chi connectivity index (χ0) is 14.7. The number of nitrogens with zero attached hydrogens (tertiary/aromatic N) is 1. The lowest BCUT2D eigenvalue weighted by Gasteiger charge is -2.34. The fraction of sp³-hybridized carbons (Fsp3) is 0.562. The lowest BCUT2D eigenvalue weighted by Crippen LogP contribution is -2.42. The number of amides is 1. The number of para-hydroxylation sites is 1. The molecule has 4 nitrogen and oxygen atoms in total. The van der Waals surface area contributed by atoms with Crippen molar-refractivity contribution in [2.75, 3.05) is 30.7 Å².